The lowest BCUT2D eigenvalue weighted by molar-refractivity contribution is 0.492. The molecule has 0 amide bonds. The first-order valence-corrected chi connectivity index (χ1v) is 8.87. The van der Waals surface area contributed by atoms with Gasteiger partial charge in [-0.25, -0.2) is 0 Å². The molecule has 4 rings (SSSR count). The van der Waals surface area contributed by atoms with Gasteiger partial charge in [0, 0.05) is 47.6 Å². The van der Waals surface area contributed by atoms with E-state index >= 15 is 0 Å². The van der Waals surface area contributed by atoms with E-state index < -0.39 is 0 Å². The number of fused-ring (bicyclic) bond motifs is 3. The number of nitrogens with zero attached hydrogens (tertiary/aromatic N) is 2. The van der Waals surface area contributed by atoms with Gasteiger partial charge in [-0.15, -0.1) is 0 Å². The minimum absolute atomic E-state index is 0.554. The molecule has 0 spiro atoms. The topological polar surface area (TPSA) is 29.9 Å². The molecule has 3 heteroatoms. The van der Waals surface area contributed by atoms with Crippen LogP contribution in [0.5, 0.6) is 0 Å². The van der Waals surface area contributed by atoms with Crippen molar-refractivity contribution in [1.29, 1.82) is 0 Å². The molecule has 1 aliphatic rings. The van der Waals surface area contributed by atoms with Gasteiger partial charge in [-0.2, -0.15) is 0 Å². The monoisotopic (exact) mass is 319 g/mol. The summed E-state index contributed by atoms with van der Waals surface area (Å²) in [5.74, 6) is 0. The maximum atomic E-state index is 4.43. The van der Waals surface area contributed by atoms with Gasteiger partial charge in [0.25, 0.3) is 0 Å². The fraction of sp³-hybridized carbons (Fsp3) is 0.381. The molecule has 0 bridgehead atoms. The molecule has 124 valence electrons. The molecule has 2 aromatic heterocycles. The van der Waals surface area contributed by atoms with Gasteiger partial charge < -0.3 is 9.88 Å². The van der Waals surface area contributed by atoms with Crippen molar-refractivity contribution in [3.05, 3.63) is 64.6 Å². The molecule has 24 heavy (non-hydrogen) atoms. The minimum Gasteiger partial charge on any atom is -0.343 e. The van der Waals surface area contributed by atoms with Crippen molar-refractivity contribution < 1.29 is 0 Å². The van der Waals surface area contributed by atoms with Crippen molar-refractivity contribution in [3.63, 3.8) is 0 Å². The Morgan fingerprint density at radius 2 is 2.08 bits per heavy atom. The number of benzene rings is 1. The van der Waals surface area contributed by atoms with E-state index in [0.717, 1.165) is 31.6 Å². The van der Waals surface area contributed by atoms with Gasteiger partial charge in [0.15, 0.2) is 0 Å². The summed E-state index contributed by atoms with van der Waals surface area (Å²) in [5.41, 5.74) is 8.12. The highest BCUT2D eigenvalue weighted by Gasteiger charge is 2.22. The summed E-state index contributed by atoms with van der Waals surface area (Å²) in [5, 5.41) is 5.07. The van der Waals surface area contributed by atoms with Crippen LogP contribution in [0.2, 0.25) is 0 Å². The van der Waals surface area contributed by atoms with Crippen LogP contribution >= 0.6 is 0 Å². The van der Waals surface area contributed by atoms with Crippen LogP contribution < -0.4 is 5.32 Å². The van der Waals surface area contributed by atoms with Crippen molar-refractivity contribution in [2.75, 3.05) is 0 Å². The summed E-state index contributed by atoms with van der Waals surface area (Å²) in [4.78, 5) is 4.43. The zero-order valence-corrected chi connectivity index (χ0v) is 14.8. The molecule has 3 aromatic rings. The molecule has 3 heterocycles. The average molecular weight is 319 g/mol. The Morgan fingerprint density at radius 1 is 1.21 bits per heavy atom. The number of hydrogen-bond donors (Lipinski definition) is 1. The number of rotatable bonds is 3. The molecule has 3 nitrogen and oxygen atoms in total. The molecule has 0 fully saturated rings. The molecular formula is C21H25N3. The Balaban J connectivity index is 1.73. The summed E-state index contributed by atoms with van der Waals surface area (Å²) in [6.45, 7) is 8.48. The molecular weight excluding hydrogens is 294 g/mol. The third-order valence-electron chi connectivity index (χ3n) is 5.17. The molecule has 0 saturated carbocycles. The van der Waals surface area contributed by atoms with Crippen LogP contribution in [0.25, 0.3) is 10.9 Å². The van der Waals surface area contributed by atoms with Crippen molar-refractivity contribution in [2.45, 2.75) is 52.7 Å². The maximum Gasteiger partial charge on any atom is 0.0486 e. The summed E-state index contributed by atoms with van der Waals surface area (Å²) >= 11 is 0. The zero-order valence-electron chi connectivity index (χ0n) is 14.8. The number of aryl methyl sites for hydroxylation is 4. The first kappa shape index (κ1) is 15.4. The largest absolute Gasteiger partial charge is 0.343 e. The quantitative estimate of drug-likeness (QED) is 0.793. The first-order chi connectivity index (χ1) is 11.6. The van der Waals surface area contributed by atoms with Gasteiger partial charge in [-0.1, -0.05) is 17.7 Å². The van der Waals surface area contributed by atoms with E-state index in [1.807, 2.05) is 13.1 Å². The second kappa shape index (κ2) is 6.06. The Labute approximate surface area is 143 Å². The molecule has 1 aromatic carbocycles. The lowest BCUT2D eigenvalue weighted by atomic mass is 9.99. The van der Waals surface area contributed by atoms with Gasteiger partial charge in [0.05, 0.1) is 0 Å². The second-order valence-electron chi connectivity index (χ2n) is 7.14. The highest BCUT2D eigenvalue weighted by Crippen LogP contribution is 2.31. The molecule has 1 atom stereocenters. The Kier molecular flexibility index (Phi) is 3.89. The van der Waals surface area contributed by atoms with E-state index in [1.54, 1.807) is 5.56 Å². The number of aromatic nitrogens is 2. The van der Waals surface area contributed by atoms with Crippen molar-refractivity contribution in [1.82, 2.24) is 14.9 Å². The van der Waals surface area contributed by atoms with Crippen LogP contribution in [-0.2, 0) is 25.9 Å². The van der Waals surface area contributed by atoms with Crippen molar-refractivity contribution >= 4 is 10.9 Å². The van der Waals surface area contributed by atoms with Gasteiger partial charge in [0.2, 0.25) is 0 Å². The number of hydrogen-bond acceptors (Lipinski definition) is 2. The highest BCUT2D eigenvalue weighted by molar-refractivity contribution is 5.86. The van der Waals surface area contributed by atoms with E-state index in [-0.39, 0.29) is 0 Å². The third kappa shape index (κ3) is 2.73. The molecule has 1 aliphatic heterocycles. The van der Waals surface area contributed by atoms with E-state index in [9.17, 15) is 0 Å². The Hall–Kier alpha value is -2.13. The third-order valence-corrected chi connectivity index (χ3v) is 5.17. The Morgan fingerprint density at radius 3 is 2.88 bits per heavy atom. The van der Waals surface area contributed by atoms with E-state index in [4.69, 9.17) is 0 Å². The van der Waals surface area contributed by atoms with Gasteiger partial charge >= 0.3 is 0 Å². The van der Waals surface area contributed by atoms with E-state index in [2.05, 4.69) is 59.0 Å². The highest BCUT2D eigenvalue weighted by atomic mass is 15.0. The molecule has 0 aliphatic carbocycles. The fourth-order valence-corrected chi connectivity index (χ4v) is 3.81. The van der Waals surface area contributed by atoms with Crippen LogP contribution in [0.1, 0.15) is 35.0 Å². The predicted octanol–water partition coefficient (Wildman–Crippen LogP) is 3.93. The Bertz CT molecular complexity index is 874. The zero-order chi connectivity index (χ0) is 16.7. The smallest absolute Gasteiger partial charge is 0.0486 e. The van der Waals surface area contributed by atoms with E-state index in [1.165, 1.54) is 27.7 Å². The van der Waals surface area contributed by atoms with Crippen LogP contribution in [0.4, 0.5) is 0 Å². The lowest BCUT2D eigenvalue weighted by Gasteiger charge is -2.22. The maximum absolute atomic E-state index is 4.43. The number of nitrogens with one attached hydrogen (secondary N) is 1. The van der Waals surface area contributed by atoms with Gasteiger partial charge in [-0.3, -0.25) is 4.98 Å². The average Bonchev–Trinajstić information content (AvgIpc) is 2.87. The van der Waals surface area contributed by atoms with Crippen molar-refractivity contribution in [2.24, 2.45) is 0 Å². The molecule has 0 radical (unpaired) electrons. The SMILES string of the molecule is Cc1ccc2c(c1)c1c(n2CCc2ccc(C)nc2)CNC(C)C1. The molecule has 1 N–H and O–H groups in total. The molecule has 1 unspecified atom stereocenters. The fourth-order valence-electron chi connectivity index (χ4n) is 3.81. The van der Waals surface area contributed by atoms with Crippen LogP contribution in [0, 0.1) is 13.8 Å². The summed E-state index contributed by atoms with van der Waals surface area (Å²) in [7, 11) is 0. The minimum atomic E-state index is 0.554. The van der Waals surface area contributed by atoms with Crippen molar-refractivity contribution in [3.8, 4) is 0 Å². The van der Waals surface area contributed by atoms with Gasteiger partial charge in [0.1, 0.15) is 0 Å². The van der Waals surface area contributed by atoms with Gasteiger partial charge in [-0.05, 0) is 62.9 Å². The first-order valence-electron chi connectivity index (χ1n) is 8.87. The molecule has 0 saturated heterocycles. The summed E-state index contributed by atoms with van der Waals surface area (Å²) in [6, 6.07) is 11.7. The van der Waals surface area contributed by atoms with Crippen LogP contribution in [0.3, 0.4) is 0 Å². The summed E-state index contributed by atoms with van der Waals surface area (Å²) < 4.78 is 2.52. The predicted molar refractivity (Wildman–Crippen MR) is 99.4 cm³/mol. The normalized spacial score (nSPS) is 17.2. The number of pyridine rings is 1. The lowest BCUT2D eigenvalue weighted by Crippen LogP contribution is -2.33. The van der Waals surface area contributed by atoms with Crippen LogP contribution in [-0.4, -0.2) is 15.6 Å². The second-order valence-corrected chi connectivity index (χ2v) is 7.14. The standard InChI is InChI=1S/C21H25N3/c1-14-4-7-20-18(10-14)19-11-16(3)23-13-21(19)24(20)9-8-17-6-5-15(2)22-12-17/h4-7,10,12,16,23H,8-9,11,13H2,1-3H3. The van der Waals surface area contributed by atoms with Crippen LogP contribution in [0.15, 0.2) is 36.5 Å². The summed E-state index contributed by atoms with van der Waals surface area (Å²) in [6.07, 6.45) is 4.15. The van der Waals surface area contributed by atoms with E-state index in [0.29, 0.717) is 6.04 Å².